The van der Waals surface area contributed by atoms with Crippen LogP contribution in [0.25, 0.3) is 0 Å². The number of carbonyl (C=O) groups is 2. The van der Waals surface area contributed by atoms with Gasteiger partial charge in [0.15, 0.2) is 6.61 Å². The van der Waals surface area contributed by atoms with Crippen molar-refractivity contribution in [3.63, 3.8) is 0 Å². The molecule has 0 saturated carbocycles. The lowest BCUT2D eigenvalue weighted by Crippen LogP contribution is -2.34. The number of carboxylic acids is 1. The van der Waals surface area contributed by atoms with E-state index in [1.165, 1.54) is 13.2 Å². The maximum Gasteiger partial charge on any atom is 0.341 e. The first-order chi connectivity index (χ1) is 11.7. The zero-order valence-electron chi connectivity index (χ0n) is 14.1. The Morgan fingerprint density at radius 2 is 2.00 bits per heavy atom. The van der Waals surface area contributed by atoms with Crippen LogP contribution in [0.5, 0.6) is 5.75 Å². The summed E-state index contributed by atoms with van der Waals surface area (Å²) in [5, 5.41) is 11.1. The van der Waals surface area contributed by atoms with E-state index in [0.717, 1.165) is 0 Å². The van der Waals surface area contributed by atoms with Gasteiger partial charge in [-0.05, 0) is 37.1 Å². The molecule has 0 unspecified atom stereocenters. The van der Waals surface area contributed by atoms with Crippen molar-refractivity contribution in [1.82, 2.24) is 4.72 Å². The zero-order valence-corrected chi connectivity index (χ0v) is 14.9. The van der Waals surface area contributed by atoms with Crippen LogP contribution in [0.3, 0.4) is 0 Å². The van der Waals surface area contributed by atoms with Crippen molar-refractivity contribution in [3.05, 3.63) is 23.8 Å². The van der Waals surface area contributed by atoms with Gasteiger partial charge < -0.3 is 19.9 Å². The number of benzene rings is 1. The highest BCUT2D eigenvalue weighted by molar-refractivity contribution is 7.89. The zero-order chi connectivity index (χ0) is 18.9. The summed E-state index contributed by atoms with van der Waals surface area (Å²) in [5.74, 6) is -1.37. The number of hydrogen-bond donors (Lipinski definition) is 3. The lowest BCUT2D eigenvalue weighted by molar-refractivity contribution is -0.139. The Balaban J connectivity index is 2.52. The predicted octanol–water partition coefficient (Wildman–Crippen LogP) is 0.353. The number of rotatable bonds is 11. The molecule has 0 spiro atoms. The first kappa shape index (κ1) is 20.9. The molecule has 0 atom stereocenters. The SMILES string of the molecule is COCCCS(=O)(=O)NCC(=O)Nc1ccc(OCC(=O)O)cc1C. The van der Waals surface area contributed by atoms with E-state index in [1.54, 1.807) is 19.1 Å². The molecule has 0 aliphatic heterocycles. The Kier molecular flexibility index (Phi) is 8.32. The number of nitrogens with one attached hydrogen (secondary N) is 2. The van der Waals surface area contributed by atoms with Crippen molar-refractivity contribution in [2.24, 2.45) is 0 Å². The molecule has 140 valence electrons. The molecule has 0 aromatic heterocycles. The van der Waals surface area contributed by atoms with Crippen LogP contribution in [-0.4, -0.2) is 58.0 Å². The van der Waals surface area contributed by atoms with Crippen molar-refractivity contribution in [3.8, 4) is 5.75 Å². The predicted molar refractivity (Wildman–Crippen MR) is 91.2 cm³/mol. The average molecular weight is 374 g/mol. The molecule has 0 bridgehead atoms. The molecule has 10 heteroatoms. The minimum atomic E-state index is -3.54. The summed E-state index contributed by atoms with van der Waals surface area (Å²) in [4.78, 5) is 22.3. The number of carbonyl (C=O) groups excluding carboxylic acids is 1. The fourth-order valence-corrected chi connectivity index (χ4v) is 2.84. The largest absolute Gasteiger partial charge is 0.482 e. The van der Waals surface area contributed by atoms with Gasteiger partial charge in [-0.1, -0.05) is 0 Å². The molecule has 3 N–H and O–H groups in total. The van der Waals surface area contributed by atoms with Crippen LogP contribution < -0.4 is 14.8 Å². The molecule has 0 fully saturated rings. The average Bonchev–Trinajstić information content (AvgIpc) is 2.53. The third-order valence-electron chi connectivity index (χ3n) is 3.05. The van der Waals surface area contributed by atoms with Gasteiger partial charge in [-0.15, -0.1) is 0 Å². The Morgan fingerprint density at radius 3 is 2.60 bits per heavy atom. The standard InChI is InChI=1S/C15H22N2O7S/c1-11-8-12(24-10-15(19)20)4-5-13(11)17-14(18)9-16-25(21,22)7-3-6-23-2/h4-5,8,16H,3,6-7,9-10H2,1-2H3,(H,17,18)(H,19,20). The molecule has 9 nitrogen and oxygen atoms in total. The molecule has 1 aromatic rings. The van der Waals surface area contributed by atoms with Gasteiger partial charge in [-0.2, -0.15) is 0 Å². The van der Waals surface area contributed by atoms with Crippen LogP contribution in [0.4, 0.5) is 5.69 Å². The van der Waals surface area contributed by atoms with Crippen LogP contribution >= 0.6 is 0 Å². The number of amides is 1. The van der Waals surface area contributed by atoms with Gasteiger partial charge in [0, 0.05) is 19.4 Å². The molecular formula is C15H22N2O7S. The number of aliphatic carboxylic acids is 1. The molecule has 1 rings (SSSR count). The Bertz CT molecular complexity index is 704. The van der Waals surface area contributed by atoms with E-state index < -0.39 is 28.5 Å². The number of aryl methyl sites for hydroxylation is 1. The van der Waals surface area contributed by atoms with Gasteiger partial charge in [0.2, 0.25) is 15.9 Å². The van der Waals surface area contributed by atoms with E-state index in [0.29, 0.717) is 30.0 Å². The van der Waals surface area contributed by atoms with Crippen LogP contribution in [0.15, 0.2) is 18.2 Å². The molecular weight excluding hydrogens is 352 g/mol. The highest BCUT2D eigenvalue weighted by Crippen LogP contribution is 2.21. The van der Waals surface area contributed by atoms with Crippen molar-refractivity contribution < 1.29 is 32.6 Å². The quantitative estimate of drug-likeness (QED) is 0.476. The summed E-state index contributed by atoms with van der Waals surface area (Å²) < 4.78 is 35.4. The van der Waals surface area contributed by atoms with Gasteiger partial charge in [-0.3, -0.25) is 4.79 Å². The van der Waals surface area contributed by atoms with E-state index in [9.17, 15) is 18.0 Å². The fraction of sp³-hybridized carbons (Fsp3) is 0.467. The van der Waals surface area contributed by atoms with Gasteiger partial charge in [0.25, 0.3) is 0 Å². The first-order valence-electron chi connectivity index (χ1n) is 7.45. The van der Waals surface area contributed by atoms with Gasteiger partial charge in [-0.25, -0.2) is 17.9 Å². The molecule has 25 heavy (non-hydrogen) atoms. The Hall–Kier alpha value is -2.17. The minimum absolute atomic E-state index is 0.122. The minimum Gasteiger partial charge on any atom is -0.482 e. The first-order valence-corrected chi connectivity index (χ1v) is 9.10. The number of anilines is 1. The van der Waals surface area contributed by atoms with Gasteiger partial charge >= 0.3 is 5.97 Å². The second kappa shape index (κ2) is 9.97. The molecule has 1 amide bonds. The maximum absolute atomic E-state index is 11.9. The smallest absolute Gasteiger partial charge is 0.341 e. The molecule has 0 aliphatic rings. The van der Waals surface area contributed by atoms with E-state index in [1.807, 2.05) is 0 Å². The van der Waals surface area contributed by atoms with Crippen LogP contribution in [0.1, 0.15) is 12.0 Å². The normalized spacial score (nSPS) is 11.1. The Morgan fingerprint density at radius 1 is 1.28 bits per heavy atom. The molecule has 1 aromatic carbocycles. The number of carboxylic acid groups (broad SMARTS) is 1. The Labute approximate surface area is 146 Å². The fourth-order valence-electron chi connectivity index (χ4n) is 1.85. The summed E-state index contributed by atoms with van der Waals surface area (Å²) in [6, 6.07) is 4.64. The third-order valence-corrected chi connectivity index (χ3v) is 4.46. The van der Waals surface area contributed by atoms with Crippen molar-refractivity contribution in [2.75, 3.05) is 37.9 Å². The molecule has 0 aliphatic carbocycles. The van der Waals surface area contributed by atoms with Crippen LogP contribution in [-0.2, 0) is 24.3 Å². The lowest BCUT2D eigenvalue weighted by atomic mass is 10.2. The van der Waals surface area contributed by atoms with Crippen molar-refractivity contribution in [1.29, 1.82) is 0 Å². The summed E-state index contributed by atoms with van der Waals surface area (Å²) >= 11 is 0. The number of ether oxygens (including phenoxy) is 2. The summed E-state index contributed by atoms with van der Waals surface area (Å²) in [6.45, 7) is 1.18. The number of methoxy groups -OCH3 is 1. The summed E-state index contributed by atoms with van der Waals surface area (Å²) in [6.07, 6.45) is 0.338. The maximum atomic E-state index is 11.9. The van der Waals surface area contributed by atoms with E-state index in [-0.39, 0.29) is 12.3 Å². The summed E-state index contributed by atoms with van der Waals surface area (Å²) in [7, 11) is -2.06. The van der Waals surface area contributed by atoms with E-state index in [2.05, 4.69) is 10.0 Å². The van der Waals surface area contributed by atoms with Crippen molar-refractivity contribution in [2.45, 2.75) is 13.3 Å². The highest BCUT2D eigenvalue weighted by Gasteiger charge is 2.13. The van der Waals surface area contributed by atoms with E-state index >= 15 is 0 Å². The molecule has 0 heterocycles. The van der Waals surface area contributed by atoms with Gasteiger partial charge in [0.05, 0.1) is 12.3 Å². The monoisotopic (exact) mass is 374 g/mol. The lowest BCUT2D eigenvalue weighted by Gasteiger charge is -2.11. The third kappa shape index (κ3) is 8.47. The number of hydrogen-bond acceptors (Lipinski definition) is 6. The molecule has 0 radical (unpaired) electrons. The highest BCUT2D eigenvalue weighted by atomic mass is 32.2. The van der Waals surface area contributed by atoms with Crippen LogP contribution in [0.2, 0.25) is 0 Å². The second-order valence-corrected chi connectivity index (χ2v) is 7.12. The molecule has 0 saturated heterocycles. The van der Waals surface area contributed by atoms with Gasteiger partial charge in [0.1, 0.15) is 5.75 Å². The van der Waals surface area contributed by atoms with Crippen molar-refractivity contribution >= 4 is 27.6 Å². The van der Waals surface area contributed by atoms with Crippen LogP contribution in [0, 0.1) is 6.92 Å². The van der Waals surface area contributed by atoms with E-state index in [4.69, 9.17) is 14.6 Å². The number of sulfonamides is 1. The summed E-state index contributed by atoms with van der Waals surface area (Å²) in [5.41, 5.74) is 1.13. The topological polar surface area (TPSA) is 131 Å². The second-order valence-electron chi connectivity index (χ2n) is 5.19.